The average molecular weight is 497 g/mol. The van der Waals surface area contributed by atoms with E-state index in [-0.39, 0.29) is 41.3 Å². The van der Waals surface area contributed by atoms with Gasteiger partial charge in [-0.25, -0.2) is 4.79 Å². The fourth-order valence-electron chi connectivity index (χ4n) is 9.63. The minimum atomic E-state index is -0.733. The first kappa shape index (κ1) is 25.8. The van der Waals surface area contributed by atoms with Crippen molar-refractivity contribution in [2.75, 3.05) is 0 Å². The van der Waals surface area contributed by atoms with Crippen LogP contribution < -0.4 is 0 Å². The van der Waals surface area contributed by atoms with Crippen molar-refractivity contribution in [1.29, 1.82) is 0 Å². The Morgan fingerprint density at radius 2 is 1.78 bits per heavy atom. The standard InChI is InChI=1S/C31H44O5/c1-19(9-14-28(33)34)24-12-13-25-23-11-10-21-17-22(32)15-16-30(21,2)26(23)18-27(31(24,25)3)36-29(35)20-7-5-4-6-8-20/h4-8,19,21-27,32H,9-18H2,1-3H3,(H,33,34)/t19-,21-,22-,23+,24+,25-,26-,27+,30+,31-/m1/s1. The van der Waals surface area contributed by atoms with Crippen LogP contribution in [0.1, 0.15) is 95.3 Å². The van der Waals surface area contributed by atoms with Crippen molar-refractivity contribution in [2.45, 2.75) is 97.2 Å². The number of ether oxygens (including phenoxy) is 1. The summed E-state index contributed by atoms with van der Waals surface area (Å²) in [6.45, 7) is 7.04. The largest absolute Gasteiger partial charge is 0.481 e. The SMILES string of the molecule is C[C@H](CCC(=O)O)[C@@H]1CC[C@@H]2[C@@H]3CC[C@@H]4C[C@H](O)CC[C@]4(C)[C@@H]3C[C@H](OC(=O)c3ccccc3)[C@@]21C. The molecule has 0 saturated heterocycles. The molecule has 0 amide bonds. The number of hydrogen-bond acceptors (Lipinski definition) is 4. The number of esters is 1. The molecule has 36 heavy (non-hydrogen) atoms. The summed E-state index contributed by atoms with van der Waals surface area (Å²) < 4.78 is 6.49. The lowest BCUT2D eigenvalue weighted by Crippen LogP contribution is -2.59. The van der Waals surface area contributed by atoms with E-state index >= 15 is 0 Å². The number of benzene rings is 1. The van der Waals surface area contributed by atoms with Crippen LogP contribution in [0, 0.1) is 46.3 Å². The van der Waals surface area contributed by atoms with E-state index in [4.69, 9.17) is 4.74 Å². The minimum absolute atomic E-state index is 0.138. The predicted octanol–water partition coefficient (Wildman–Crippen LogP) is 6.34. The Morgan fingerprint density at radius 3 is 2.50 bits per heavy atom. The minimum Gasteiger partial charge on any atom is -0.481 e. The zero-order chi connectivity index (χ0) is 25.7. The van der Waals surface area contributed by atoms with Crippen LogP contribution in [0.5, 0.6) is 0 Å². The second-order valence-corrected chi connectivity index (χ2v) is 13.0. The molecule has 0 radical (unpaired) electrons. The zero-order valence-electron chi connectivity index (χ0n) is 22.2. The molecule has 0 unspecified atom stereocenters. The second-order valence-electron chi connectivity index (χ2n) is 13.0. The second kappa shape index (κ2) is 9.78. The monoisotopic (exact) mass is 496 g/mol. The van der Waals surface area contributed by atoms with Crippen LogP contribution in [-0.4, -0.2) is 34.4 Å². The van der Waals surface area contributed by atoms with Crippen LogP contribution in [0.3, 0.4) is 0 Å². The van der Waals surface area contributed by atoms with E-state index in [9.17, 15) is 19.8 Å². The Labute approximate surface area is 216 Å². The van der Waals surface area contributed by atoms with Crippen molar-refractivity contribution in [3.8, 4) is 0 Å². The molecular formula is C31H44O5. The third-order valence-corrected chi connectivity index (χ3v) is 11.5. The molecule has 1 aromatic carbocycles. The molecule has 5 rings (SSSR count). The molecule has 2 N–H and O–H groups in total. The molecule has 5 nitrogen and oxygen atoms in total. The van der Waals surface area contributed by atoms with Crippen LogP contribution in [0.15, 0.2) is 30.3 Å². The fraction of sp³-hybridized carbons (Fsp3) is 0.742. The molecule has 0 aromatic heterocycles. The normalized spacial score (nSPS) is 42.5. The van der Waals surface area contributed by atoms with Crippen molar-refractivity contribution in [2.24, 2.45) is 46.3 Å². The van der Waals surface area contributed by atoms with Gasteiger partial charge in [-0.15, -0.1) is 0 Å². The molecule has 4 aliphatic rings. The number of aliphatic hydroxyl groups excluding tert-OH is 1. The summed E-state index contributed by atoms with van der Waals surface area (Å²) in [5.41, 5.74) is 0.649. The molecular weight excluding hydrogens is 452 g/mol. The molecule has 4 fully saturated rings. The molecule has 0 spiro atoms. The molecule has 5 heteroatoms. The van der Waals surface area contributed by atoms with Gasteiger partial charge in [0.25, 0.3) is 0 Å². The number of carboxylic acid groups (broad SMARTS) is 1. The fourth-order valence-corrected chi connectivity index (χ4v) is 9.63. The zero-order valence-corrected chi connectivity index (χ0v) is 22.2. The van der Waals surface area contributed by atoms with E-state index in [2.05, 4.69) is 20.8 Å². The summed E-state index contributed by atoms with van der Waals surface area (Å²) in [6, 6.07) is 9.33. The van der Waals surface area contributed by atoms with Gasteiger partial charge in [-0.05, 0) is 111 Å². The summed E-state index contributed by atoms with van der Waals surface area (Å²) in [5.74, 6) is 1.83. The lowest BCUT2D eigenvalue weighted by atomic mass is 9.43. The van der Waals surface area contributed by atoms with Crippen LogP contribution in [-0.2, 0) is 9.53 Å². The van der Waals surface area contributed by atoms with E-state index in [1.54, 1.807) is 0 Å². The first-order chi connectivity index (χ1) is 17.1. The summed E-state index contributed by atoms with van der Waals surface area (Å²) >= 11 is 0. The van der Waals surface area contributed by atoms with Crippen LogP contribution >= 0.6 is 0 Å². The van der Waals surface area contributed by atoms with Crippen molar-refractivity contribution < 1.29 is 24.5 Å². The highest BCUT2D eigenvalue weighted by atomic mass is 16.5. The highest BCUT2D eigenvalue weighted by Gasteiger charge is 2.65. The third-order valence-electron chi connectivity index (χ3n) is 11.5. The van der Waals surface area contributed by atoms with Gasteiger partial charge in [-0.2, -0.15) is 0 Å². The van der Waals surface area contributed by atoms with Crippen molar-refractivity contribution >= 4 is 11.9 Å². The number of carbonyl (C=O) groups excluding carboxylic acids is 1. The Morgan fingerprint density at radius 1 is 1.03 bits per heavy atom. The van der Waals surface area contributed by atoms with Gasteiger partial charge in [0.1, 0.15) is 6.10 Å². The summed E-state index contributed by atoms with van der Waals surface area (Å²) in [7, 11) is 0. The van der Waals surface area contributed by atoms with E-state index in [1.165, 1.54) is 12.8 Å². The Balaban J connectivity index is 1.48. The number of fused-ring (bicyclic) bond motifs is 5. The summed E-state index contributed by atoms with van der Waals surface area (Å²) in [4.78, 5) is 24.7. The first-order valence-electron chi connectivity index (χ1n) is 14.3. The number of aliphatic carboxylic acids is 1. The average Bonchev–Trinajstić information content (AvgIpc) is 3.22. The van der Waals surface area contributed by atoms with Gasteiger partial charge in [0.05, 0.1) is 11.7 Å². The number of carbonyl (C=O) groups is 2. The van der Waals surface area contributed by atoms with Crippen LogP contribution in [0.4, 0.5) is 0 Å². The topological polar surface area (TPSA) is 83.8 Å². The third kappa shape index (κ3) is 4.29. The number of rotatable bonds is 6. The maximum absolute atomic E-state index is 13.4. The van der Waals surface area contributed by atoms with Gasteiger partial charge in [-0.1, -0.05) is 39.0 Å². The van der Waals surface area contributed by atoms with Crippen molar-refractivity contribution in [3.05, 3.63) is 35.9 Å². The predicted molar refractivity (Wildman–Crippen MR) is 138 cm³/mol. The summed E-state index contributed by atoms with van der Waals surface area (Å²) in [5, 5.41) is 19.7. The molecule has 0 heterocycles. The highest BCUT2D eigenvalue weighted by molar-refractivity contribution is 5.89. The van der Waals surface area contributed by atoms with Crippen LogP contribution in [0.2, 0.25) is 0 Å². The van der Waals surface area contributed by atoms with Gasteiger partial charge in [0.15, 0.2) is 0 Å². The number of carboxylic acids is 1. The highest BCUT2D eigenvalue weighted by Crippen LogP contribution is 2.69. The van der Waals surface area contributed by atoms with Gasteiger partial charge < -0.3 is 14.9 Å². The van der Waals surface area contributed by atoms with Crippen LogP contribution in [0.25, 0.3) is 0 Å². The van der Waals surface area contributed by atoms with Gasteiger partial charge >= 0.3 is 11.9 Å². The molecule has 0 bridgehead atoms. The van der Waals surface area contributed by atoms with Gasteiger partial charge in [-0.3, -0.25) is 4.79 Å². The quantitative estimate of drug-likeness (QED) is 0.449. The lowest BCUT2D eigenvalue weighted by Gasteiger charge is -2.62. The lowest BCUT2D eigenvalue weighted by molar-refractivity contribution is -0.176. The van der Waals surface area contributed by atoms with E-state index in [1.807, 2.05) is 30.3 Å². The van der Waals surface area contributed by atoms with Crippen molar-refractivity contribution in [1.82, 2.24) is 0 Å². The molecule has 198 valence electrons. The van der Waals surface area contributed by atoms with Gasteiger partial charge in [0, 0.05) is 11.8 Å². The molecule has 4 aliphatic carbocycles. The molecule has 4 saturated carbocycles. The number of hydrogen-bond donors (Lipinski definition) is 2. The van der Waals surface area contributed by atoms with E-state index in [0.29, 0.717) is 41.6 Å². The van der Waals surface area contributed by atoms with Crippen molar-refractivity contribution in [3.63, 3.8) is 0 Å². The molecule has 1 aromatic rings. The Bertz CT molecular complexity index is 961. The smallest absolute Gasteiger partial charge is 0.338 e. The maximum atomic E-state index is 13.4. The van der Waals surface area contributed by atoms with E-state index in [0.717, 1.165) is 38.5 Å². The Kier molecular flexibility index (Phi) is 6.99. The molecule has 0 aliphatic heterocycles. The van der Waals surface area contributed by atoms with Gasteiger partial charge in [0.2, 0.25) is 0 Å². The first-order valence-corrected chi connectivity index (χ1v) is 14.3. The molecule has 10 atom stereocenters. The number of aliphatic hydroxyl groups is 1. The maximum Gasteiger partial charge on any atom is 0.338 e. The summed E-state index contributed by atoms with van der Waals surface area (Å²) in [6.07, 6.45) is 8.88. The Hall–Kier alpha value is -1.88. The van der Waals surface area contributed by atoms with E-state index < -0.39 is 5.97 Å².